The van der Waals surface area contributed by atoms with Crippen molar-refractivity contribution >= 4 is 17.8 Å². The Kier molecular flexibility index (Phi) is 8.16. The van der Waals surface area contributed by atoms with Gasteiger partial charge in [-0.2, -0.15) is 0 Å². The number of allylic oxidation sites excluding steroid dienone is 1. The Labute approximate surface area is 163 Å². The first-order valence-electron chi connectivity index (χ1n) is 9.20. The van der Waals surface area contributed by atoms with Crippen LogP contribution in [0.15, 0.2) is 24.0 Å². The van der Waals surface area contributed by atoms with Crippen LogP contribution in [0.2, 0.25) is 0 Å². The number of amides is 2. The van der Waals surface area contributed by atoms with E-state index in [4.69, 9.17) is 24.1 Å². The number of nitrogens with zero attached hydrogens (tertiary/aromatic N) is 1. The number of hydrogen-bond donors (Lipinski definition) is 1. The summed E-state index contributed by atoms with van der Waals surface area (Å²) in [7, 11) is 1.29. The fourth-order valence-corrected chi connectivity index (χ4v) is 2.95. The van der Waals surface area contributed by atoms with Crippen LogP contribution in [-0.2, 0) is 28.5 Å². The molecule has 2 aliphatic heterocycles. The lowest BCUT2D eigenvalue weighted by Crippen LogP contribution is -2.53. The number of hydrogen-bond acceptors (Lipinski definition) is 8. The number of aliphatic hydroxyl groups excluding tert-OH is 1. The van der Waals surface area contributed by atoms with Crippen LogP contribution in [0.1, 0.15) is 20.3 Å². The van der Waals surface area contributed by atoms with Crippen molar-refractivity contribution in [3.05, 3.63) is 24.0 Å². The molecule has 28 heavy (non-hydrogen) atoms. The lowest BCUT2D eigenvalue weighted by Gasteiger charge is -2.31. The lowest BCUT2D eigenvalue weighted by molar-refractivity contribution is -0.154. The number of ether oxygens (including phenoxy) is 4. The predicted octanol–water partition coefficient (Wildman–Crippen LogP) is 0.812. The molecule has 9 nitrogen and oxygen atoms in total. The van der Waals surface area contributed by atoms with E-state index in [9.17, 15) is 14.4 Å². The van der Waals surface area contributed by atoms with Gasteiger partial charge in [0.2, 0.25) is 0 Å². The topological polar surface area (TPSA) is 112 Å². The number of carbonyl (C=O) groups excluding carboxylic acids is 3. The van der Waals surface area contributed by atoms with Crippen LogP contribution in [0, 0.1) is 5.92 Å². The van der Waals surface area contributed by atoms with Gasteiger partial charge >= 0.3 is 6.09 Å². The summed E-state index contributed by atoms with van der Waals surface area (Å²) in [6.07, 6.45) is 1.80. The summed E-state index contributed by atoms with van der Waals surface area (Å²) in [6, 6.07) is -0.425. The number of methoxy groups -OCH3 is 1. The first kappa shape index (κ1) is 22.1. The molecule has 156 valence electrons. The summed E-state index contributed by atoms with van der Waals surface area (Å²) in [4.78, 5) is 38.3. The van der Waals surface area contributed by atoms with Gasteiger partial charge in [-0.25, -0.2) is 9.69 Å². The van der Waals surface area contributed by atoms with Crippen LogP contribution in [0.25, 0.3) is 0 Å². The number of ketones is 1. The van der Waals surface area contributed by atoms with Crippen LogP contribution in [0.4, 0.5) is 4.79 Å². The second-order valence-corrected chi connectivity index (χ2v) is 6.76. The van der Waals surface area contributed by atoms with Gasteiger partial charge in [-0.15, -0.1) is 0 Å². The van der Waals surface area contributed by atoms with E-state index in [1.807, 2.05) is 13.8 Å². The molecule has 2 aliphatic rings. The van der Waals surface area contributed by atoms with Crippen LogP contribution >= 0.6 is 0 Å². The first-order chi connectivity index (χ1) is 13.4. The van der Waals surface area contributed by atoms with Crippen molar-refractivity contribution in [3.63, 3.8) is 0 Å². The Morgan fingerprint density at radius 2 is 2.11 bits per heavy atom. The third-order valence-electron chi connectivity index (χ3n) is 4.48. The van der Waals surface area contributed by atoms with Gasteiger partial charge in [0.05, 0.1) is 25.9 Å². The van der Waals surface area contributed by atoms with Gasteiger partial charge in [-0.3, -0.25) is 9.59 Å². The smallest absolute Gasteiger partial charge is 0.417 e. The van der Waals surface area contributed by atoms with Crippen molar-refractivity contribution in [2.75, 3.05) is 33.5 Å². The van der Waals surface area contributed by atoms with E-state index in [0.29, 0.717) is 18.8 Å². The van der Waals surface area contributed by atoms with Crippen LogP contribution in [-0.4, -0.2) is 79.6 Å². The molecule has 1 fully saturated rings. The summed E-state index contributed by atoms with van der Waals surface area (Å²) < 4.78 is 21.1. The third-order valence-corrected chi connectivity index (χ3v) is 4.48. The molecule has 9 heteroatoms. The van der Waals surface area contributed by atoms with Gasteiger partial charge < -0.3 is 24.1 Å². The number of cyclic esters (lactones) is 1. The van der Waals surface area contributed by atoms with E-state index < -0.39 is 36.0 Å². The highest BCUT2D eigenvalue weighted by molar-refractivity contribution is 6.03. The van der Waals surface area contributed by atoms with Gasteiger partial charge in [0.25, 0.3) is 5.91 Å². The highest BCUT2D eigenvalue weighted by Gasteiger charge is 2.47. The van der Waals surface area contributed by atoms with E-state index >= 15 is 0 Å². The molecular weight excluding hydrogens is 370 g/mol. The summed E-state index contributed by atoms with van der Waals surface area (Å²) >= 11 is 0. The number of carbonyl (C=O) groups is 3. The molecule has 0 aromatic carbocycles. The number of aliphatic hydroxyl groups is 1. The maximum absolute atomic E-state index is 13.0. The van der Waals surface area contributed by atoms with Gasteiger partial charge in [-0.1, -0.05) is 13.8 Å². The van der Waals surface area contributed by atoms with Crippen molar-refractivity contribution in [2.45, 2.75) is 38.5 Å². The fourth-order valence-electron chi connectivity index (χ4n) is 2.95. The summed E-state index contributed by atoms with van der Waals surface area (Å²) in [6.45, 7) is 4.42. The molecule has 1 N–H and O–H groups in total. The zero-order valence-corrected chi connectivity index (χ0v) is 16.3. The van der Waals surface area contributed by atoms with Gasteiger partial charge in [0, 0.05) is 7.11 Å². The van der Waals surface area contributed by atoms with Crippen LogP contribution in [0.5, 0.6) is 0 Å². The van der Waals surface area contributed by atoms with Crippen molar-refractivity contribution < 1.29 is 38.4 Å². The molecule has 0 saturated carbocycles. The van der Waals surface area contributed by atoms with E-state index in [-0.39, 0.29) is 25.7 Å². The van der Waals surface area contributed by atoms with E-state index in [1.165, 1.54) is 19.3 Å². The monoisotopic (exact) mass is 397 g/mol. The standard InChI is InChI=1S/C19H27NO8/c1-12(2)14-11-27-19(24)20(14)18(23)17(25-3)16-15(22)7-6-13(28-16)5-4-9-26-10-8-21/h5-7,12,14,16-17,21H,4,8-11H2,1-3H3/t14-,16+,17+/m0/s1. The number of rotatable bonds is 9. The molecule has 2 rings (SSSR count). The average molecular weight is 397 g/mol. The summed E-state index contributed by atoms with van der Waals surface area (Å²) in [5, 5.41) is 8.68. The highest BCUT2D eigenvalue weighted by atomic mass is 16.6. The molecular formula is C19H27NO8. The van der Waals surface area contributed by atoms with Crippen molar-refractivity contribution in [1.29, 1.82) is 0 Å². The Hall–Kier alpha value is -2.23. The molecule has 0 aromatic rings. The second-order valence-electron chi connectivity index (χ2n) is 6.76. The molecule has 0 radical (unpaired) electrons. The van der Waals surface area contributed by atoms with Crippen molar-refractivity contribution in [3.8, 4) is 0 Å². The Morgan fingerprint density at radius 1 is 1.36 bits per heavy atom. The normalized spacial score (nSPS) is 24.6. The largest absolute Gasteiger partial charge is 0.479 e. The molecule has 0 bridgehead atoms. The lowest BCUT2D eigenvalue weighted by atomic mass is 10.0. The maximum Gasteiger partial charge on any atom is 0.417 e. The van der Waals surface area contributed by atoms with Crippen molar-refractivity contribution in [2.24, 2.45) is 5.92 Å². The highest BCUT2D eigenvalue weighted by Crippen LogP contribution is 2.25. The predicted molar refractivity (Wildman–Crippen MR) is 97.2 cm³/mol. The summed E-state index contributed by atoms with van der Waals surface area (Å²) in [5.41, 5.74) is 0. The Morgan fingerprint density at radius 3 is 2.75 bits per heavy atom. The Bertz CT molecular complexity index is 642. The Balaban J connectivity index is 2.10. The van der Waals surface area contributed by atoms with E-state index in [2.05, 4.69) is 0 Å². The SMILES string of the molecule is CO[C@@H](C(=O)N1C(=O)OC[C@H]1C(C)C)[C@@H]1OC(=CCCOCCO)C=CC1=O. The molecule has 3 atom stereocenters. The van der Waals surface area contributed by atoms with E-state index in [0.717, 1.165) is 4.90 Å². The van der Waals surface area contributed by atoms with Crippen LogP contribution in [0.3, 0.4) is 0 Å². The fraction of sp³-hybridized carbons (Fsp3) is 0.632. The minimum atomic E-state index is -1.28. The molecule has 0 spiro atoms. The average Bonchev–Trinajstić information content (AvgIpc) is 3.06. The minimum absolute atomic E-state index is 0.00912. The zero-order valence-electron chi connectivity index (χ0n) is 16.3. The van der Waals surface area contributed by atoms with E-state index in [1.54, 1.807) is 6.08 Å². The molecule has 1 saturated heterocycles. The molecule has 2 amide bonds. The minimum Gasteiger partial charge on any atom is -0.479 e. The molecule has 0 aromatic heterocycles. The zero-order chi connectivity index (χ0) is 20.7. The number of imide groups is 1. The van der Waals surface area contributed by atoms with Crippen LogP contribution < -0.4 is 0 Å². The van der Waals surface area contributed by atoms with Gasteiger partial charge in [-0.05, 0) is 30.6 Å². The second kappa shape index (κ2) is 10.4. The quantitative estimate of drug-likeness (QED) is 0.569. The third kappa shape index (κ3) is 5.18. The molecule has 0 aliphatic carbocycles. The molecule has 2 heterocycles. The van der Waals surface area contributed by atoms with Gasteiger partial charge in [0.15, 0.2) is 18.0 Å². The maximum atomic E-state index is 13.0. The first-order valence-corrected chi connectivity index (χ1v) is 9.20. The van der Waals surface area contributed by atoms with Gasteiger partial charge in [0.1, 0.15) is 12.4 Å². The summed E-state index contributed by atoms with van der Waals surface area (Å²) in [5.74, 6) is -0.702. The molecule has 0 unspecified atom stereocenters. The van der Waals surface area contributed by atoms with Crippen molar-refractivity contribution in [1.82, 2.24) is 4.90 Å².